The van der Waals surface area contributed by atoms with Crippen LogP contribution in [0.15, 0.2) is 72.3 Å². The molecule has 0 aliphatic carbocycles. The van der Waals surface area contributed by atoms with Gasteiger partial charge in [0.1, 0.15) is 5.41 Å². The molecule has 0 amide bonds. The smallest absolute Gasteiger partial charge is 0.111 e. The number of hydrogen-bond acceptors (Lipinski definition) is 1. The maximum Gasteiger partial charge on any atom is 0.111 e. The Hall–Kier alpha value is -2.33. The molecule has 20 heavy (non-hydrogen) atoms. The Balaban J connectivity index is 2.59. The van der Waals surface area contributed by atoms with E-state index in [9.17, 15) is 5.26 Å². The minimum atomic E-state index is -0.611. The van der Waals surface area contributed by atoms with Gasteiger partial charge in [0.15, 0.2) is 0 Å². The summed E-state index contributed by atoms with van der Waals surface area (Å²) in [5.41, 5.74) is 2.72. The lowest BCUT2D eigenvalue weighted by Crippen LogP contribution is -2.25. The summed E-state index contributed by atoms with van der Waals surface area (Å²) < 4.78 is 0. The number of allylic oxidation sites excluding steroid dienone is 2. The summed E-state index contributed by atoms with van der Waals surface area (Å²) in [4.78, 5) is 0. The average Bonchev–Trinajstić information content (AvgIpc) is 2.50. The molecule has 0 aliphatic rings. The molecule has 0 aromatic heterocycles. The van der Waals surface area contributed by atoms with E-state index in [4.69, 9.17) is 0 Å². The van der Waals surface area contributed by atoms with Gasteiger partial charge < -0.3 is 0 Å². The average molecular weight is 261 g/mol. The molecule has 100 valence electrons. The van der Waals surface area contributed by atoms with E-state index in [1.807, 2.05) is 60.7 Å². The largest absolute Gasteiger partial charge is 0.197 e. The molecule has 0 bridgehead atoms. The highest BCUT2D eigenvalue weighted by Crippen LogP contribution is 2.35. The van der Waals surface area contributed by atoms with Crippen LogP contribution >= 0.6 is 0 Å². The van der Waals surface area contributed by atoms with Gasteiger partial charge in [-0.3, -0.25) is 0 Å². The summed E-state index contributed by atoms with van der Waals surface area (Å²) in [7, 11) is 0. The van der Waals surface area contributed by atoms with E-state index in [2.05, 4.69) is 26.0 Å². The predicted octanol–water partition coefficient (Wildman–Crippen LogP) is 4.85. The minimum absolute atomic E-state index is 0.611. The summed E-state index contributed by atoms with van der Waals surface area (Å²) in [6, 6.07) is 22.6. The maximum atomic E-state index is 9.92. The van der Waals surface area contributed by atoms with Gasteiger partial charge in [0.25, 0.3) is 0 Å². The fourth-order valence-corrected chi connectivity index (χ4v) is 2.38. The molecular weight excluding hydrogens is 242 g/mol. The molecule has 0 saturated heterocycles. The zero-order chi connectivity index (χ0) is 14.4. The molecule has 0 aliphatic heterocycles. The van der Waals surface area contributed by atoms with Crippen molar-refractivity contribution in [3.63, 3.8) is 0 Å². The van der Waals surface area contributed by atoms with Crippen LogP contribution in [0.25, 0.3) is 0 Å². The van der Waals surface area contributed by atoms with Crippen LogP contribution in [0.5, 0.6) is 0 Å². The molecule has 1 nitrogen and oxygen atoms in total. The van der Waals surface area contributed by atoms with Gasteiger partial charge in [-0.25, -0.2) is 0 Å². The second-order valence-corrected chi connectivity index (χ2v) is 5.23. The van der Waals surface area contributed by atoms with E-state index in [-0.39, 0.29) is 0 Å². The first-order valence-electron chi connectivity index (χ1n) is 6.85. The Kier molecular flexibility index (Phi) is 4.38. The normalized spacial score (nSPS) is 10.7. The molecule has 0 radical (unpaired) electrons. The van der Waals surface area contributed by atoms with E-state index < -0.39 is 5.41 Å². The van der Waals surface area contributed by atoms with Crippen molar-refractivity contribution in [2.45, 2.75) is 25.7 Å². The Labute approximate surface area is 121 Å². The molecule has 0 saturated carbocycles. The number of hydrogen-bond donors (Lipinski definition) is 0. The van der Waals surface area contributed by atoms with Crippen molar-refractivity contribution in [3.05, 3.63) is 83.4 Å². The van der Waals surface area contributed by atoms with Crippen molar-refractivity contribution in [3.8, 4) is 6.07 Å². The molecule has 0 fully saturated rings. The fraction of sp³-hybridized carbons (Fsp3) is 0.211. The molecule has 0 spiro atoms. The number of benzene rings is 2. The Morgan fingerprint density at radius 1 is 0.950 bits per heavy atom. The zero-order valence-electron chi connectivity index (χ0n) is 12.0. The Morgan fingerprint density at radius 3 is 1.75 bits per heavy atom. The number of nitrogens with zero attached hydrogens (tertiary/aromatic N) is 1. The topological polar surface area (TPSA) is 23.8 Å². The lowest BCUT2D eigenvalue weighted by atomic mass is 9.73. The summed E-state index contributed by atoms with van der Waals surface area (Å²) in [6.07, 6.45) is 2.84. The lowest BCUT2D eigenvalue weighted by Gasteiger charge is -2.27. The van der Waals surface area contributed by atoms with Crippen molar-refractivity contribution in [1.29, 1.82) is 5.26 Å². The van der Waals surface area contributed by atoms with Gasteiger partial charge in [-0.15, -0.1) is 0 Å². The van der Waals surface area contributed by atoms with Crippen LogP contribution in [0.3, 0.4) is 0 Å². The highest BCUT2D eigenvalue weighted by atomic mass is 14.4. The second-order valence-electron chi connectivity index (χ2n) is 5.23. The van der Waals surface area contributed by atoms with E-state index in [0.29, 0.717) is 6.42 Å². The van der Waals surface area contributed by atoms with Crippen molar-refractivity contribution < 1.29 is 0 Å². The van der Waals surface area contributed by atoms with Gasteiger partial charge in [-0.2, -0.15) is 5.26 Å². The first-order valence-corrected chi connectivity index (χ1v) is 6.85. The summed E-state index contributed by atoms with van der Waals surface area (Å²) >= 11 is 0. The van der Waals surface area contributed by atoms with E-state index in [1.54, 1.807) is 0 Å². The zero-order valence-corrected chi connectivity index (χ0v) is 12.0. The van der Waals surface area contributed by atoms with Gasteiger partial charge >= 0.3 is 0 Å². The SMILES string of the molecule is CC(C)=CCC(C#N)(c1ccccc1)c1ccccc1. The number of rotatable bonds is 4. The van der Waals surface area contributed by atoms with Crippen molar-refractivity contribution in [2.75, 3.05) is 0 Å². The van der Waals surface area contributed by atoms with Gasteiger partial charge in [0.05, 0.1) is 6.07 Å². The van der Waals surface area contributed by atoms with Crippen LogP contribution in [0.4, 0.5) is 0 Å². The molecular formula is C19H19N. The third-order valence-electron chi connectivity index (χ3n) is 3.54. The molecule has 2 aromatic rings. The standard InChI is InChI=1S/C19H19N/c1-16(2)13-14-19(15-20,17-9-5-3-6-10-17)18-11-7-4-8-12-18/h3-13H,14H2,1-2H3. The van der Waals surface area contributed by atoms with Crippen LogP contribution < -0.4 is 0 Å². The molecule has 0 N–H and O–H groups in total. The van der Waals surface area contributed by atoms with E-state index in [1.165, 1.54) is 5.57 Å². The van der Waals surface area contributed by atoms with Crippen LogP contribution in [0.2, 0.25) is 0 Å². The van der Waals surface area contributed by atoms with Crippen molar-refractivity contribution >= 4 is 0 Å². The Bertz CT molecular complexity index is 574. The van der Waals surface area contributed by atoms with Gasteiger partial charge in [-0.1, -0.05) is 72.3 Å². The predicted molar refractivity (Wildman–Crippen MR) is 83.3 cm³/mol. The molecule has 0 heterocycles. The first kappa shape index (κ1) is 14.1. The maximum absolute atomic E-state index is 9.92. The van der Waals surface area contributed by atoms with Gasteiger partial charge in [0, 0.05) is 0 Å². The second kappa shape index (κ2) is 6.21. The van der Waals surface area contributed by atoms with Crippen LogP contribution in [0, 0.1) is 11.3 Å². The van der Waals surface area contributed by atoms with E-state index in [0.717, 1.165) is 11.1 Å². The van der Waals surface area contributed by atoms with Crippen molar-refractivity contribution in [2.24, 2.45) is 0 Å². The summed E-state index contributed by atoms with van der Waals surface area (Å²) in [5, 5.41) is 9.92. The third-order valence-corrected chi connectivity index (χ3v) is 3.54. The quantitative estimate of drug-likeness (QED) is 0.721. The molecule has 2 rings (SSSR count). The summed E-state index contributed by atoms with van der Waals surface area (Å²) in [6.45, 7) is 4.14. The summed E-state index contributed by atoms with van der Waals surface area (Å²) in [5.74, 6) is 0. The molecule has 0 unspecified atom stereocenters. The highest BCUT2D eigenvalue weighted by Gasteiger charge is 2.33. The number of nitriles is 1. The highest BCUT2D eigenvalue weighted by molar-refractivity contribution is 5.46. The van der Waals surface area contributed by atoms with Crippen LogP contribution in [-0.4, -0.2) is 0 Å². The molecule has 1 heteroatoms. The van der Waals surface area contributed by atoms with Crippen LogP contribution in [0.1, 0.15) is 31.4 Å². The van der Waals surface area contributed by atoms with Gasteiger partial charge in [-0.05, 0) is 31.4 Å². The van der Waals surface area contributed by atoms with E-state index >= 15 is 0 Å². The van der Waals surface area contributed by atoms with Crippen molar-refractivity contribution in [1.82, 2.24) is 0 Å². The third kappa shape index (κ3) is 2.81. The van der Waals surface area contributed by atoms with Crippen LogP contribution in [-0.2, 0) is 5.41 Å². The molecule has 0 atom stereocenters. The lowest BCUT2D eigenvalue weighted by molar-refractivity contribution is 0.667. The monoisotopic (exact) mass is 261 g/mol. The first-order chi connectivity index (χ1) is 9.69. The Morgan fingerprint density at radius 2 is 1.40 bits per heavy atom. The molecule has 2 aromatic carbocycles. The fourth-order valence-electron chi connectivity index (χ4n) is 2.38. The minimum Gasteiger partial charge on any atom is -0.197 e. The van der Waals surface area contributed by atoms with Gasteiger partial charge in [0.2, 0.25) is 0 Å².